The van der Waals surface area contributed by atoms with E-state index in [0.717, 1.165) is 13.1 Å². The van der Waals surface area contributed by atoms with Crippen LogP contribution in [0.2, 0.25) is 0 Å². The van der Waals surface area contributed by atoms with Crippen molar-refractivity contribution in [1.29, 1.82) is 0 Å². The predicted molar refractivity (Wildman–Crippen MR) is 84.6 cm³/mol. The monoisotopic (exact) mass is 278 g/mol. The zero-order valence-electron chi connectivity index (χ0n) is 12.6. The van der Waals surface area contributed by atoms with Gasteiger partial charge in [-0.25, -0.2) is 0 Å². The fourth-order valence-electron chi connectivity index (χ4n) is 2.80. The topological polar surface area (TPSA) is 29.3 Å². The lowest BCUT2D eigenvalue weighted by molar-refractivity contribution is 0.211. The van der Waals surface area contributed by atoms with Crippen LogP contribution in [0, 0.1) is 12.3 Å². The average Bonchev–Trinajstić information content (AvgIpc) is 2.76. The largest absolute Gasteiger partial charge is 0.329 e. The van der Waals surface area contributed by atoms with Crippen LogP contribution in [-0.4, -0.2) is 24.5 Å². The molecule has 0 saturated heterocycles. The first kappa shape index (κ1) is 14.8. The van der Waals surface area contributed by atoms with Gasteiger partial charge < -0.3 is 5.73 Å². The molecule has 1 aliphatic rings. The van der Waals surface area contributed by atoms with Crippen LogP contribution in [0.15, 0.2) is 23.1 Å². The van der Waals surface area contributed by atoms with Crippen molar-refractivity contribution >= 4 is 11.3 Å². The van der Waals surface area contributed by atoms with Crippen LogP contribution in [0.25, 0.3) is 0 Å². The lowest BCUT2D eigenvalue weighted by atomic mass is 9.82. The molecule has 0 fully saturated rings. The van der Waals surface area contributed by atoms with Gasteiger partial charge in [-0.05, 0) is 35.8 Å². The molecule has 19 heavy (non-hydrogen) atoms. The normalized spacial score (nSPS) is 19.3. The second kappa shape index (κ2) is 5.78. The first-order chi connectivity index (χ1) is 8.93. The lowest BCUT2D eigenvalue weighted by Gasteiger charge is -2.36. The highest BCUT2D eigenvalue weighted by Crippen LogP contribution is 2.34. The van der Waals surface area contributed by atoms with Crippen LogP contribution in [0.5, 0.6) is 0 Å². The molecule has 2 nitrogen and oxygen atoms in total. The van der Waals surface area contributed by atoms with E-state index in [-0.39, 0.29) is 0 Å². The lowest BCUT2D eigenvalue weighted by Crippen LogP contribution is -2.38. The van der Waals surface area contributed by atoms with E-state index in [2.05, 4.69) is 50.1 Å². The molecule has 2 N–H and O–H groups in total. The highest BCUT2D eigenvalue weighted by atomic mass is 32.1. The van der Waals surface area contributed by atoms with E-state index in [1.165, 1.54) is 16.9 Å². The summed E-state index contributed by atoms with van der Waals surface area (Å²) in [6.07, 6.45) is 3.58. The molecule has 2 rings (SSSR count). The Morgan fingerprint density at radius 3 is 2.58 bits per heavy atom. The molecule has 3 heteroatoms. The van der Waals surface area contributed by atoms with E-state index in [4.69, 9.17) is 5.73 Å². The molecule has 0 amide bonds. The fraction of sp³-hybridized carbons (Fsp3) is 0.625. The zero-order valence-corrected chi connectivity index (χ0v) is 13.4. The van der Waals surface area contributed by atoms with Crippen molar-refractivity contribution in [2.24, 2.45) is 11.1 Å². The van der Waals surface area contributed by atoms with Crippen molar-refractivity contribution in [3.05, 3.63) is 33.5 Å². The Labute approximate surface area is 121 Å². The highest BCUT2D eigenvalue weighted by molar-refractivity contribution is 7.10. The number of nitrogens with two attached hydrogens (primary N) is 1. The summed E-state index contributed by atoms with van der Waals surface area (Å²) in [5.74, 6) is 0. The Hall–Kier alpha value is -0.640. The maximum absolute atomic E-state index is 6.03. The molecule has 0 aliphatic carbocycles. The van der Waals surface area contributed by atoms with Gasteiger partial charge in [0.2, 0.25) is 0 Å². The fourth-order valence-corrected chi connectivity index (χ4v) is 3.87. The molecule has 1 aromatic rings. The van der Waals surface area contributed by atoms with Crippen molar-refractivity contribution in [3.8, 4) is 0 Å². The highest BCUT2D eigenvalue weighted by Gasteiger charge is 2.26. The third kappa shape index (κ3) is 3.28. The minimum absolute atomic E-state index is 0.309. The Morgan fingerprint density at radius 1 is 1.42 bits per heavy atom. The zero-order chi connectivity index (χ0) is 14.0. The van der Waals surface area contributed by atoms with Gasteiger partial charge in [-0.2, -0.15) is 0 Å². The van der Waals surface area contributed by atoms with Crippen molar-refractivity contribution in [3.63, 3.8) is 0 Å². The molecular formula is C16H26N2S. The smallest absolute Gasteiger partial charge is 0.0569 e. The summed E-state index contributed by atoms with van der Waals surface area (Å²) >= 11 is 1.84. The second-order valence-electron chi connectivity index (χ2n) is 6.44. The van der Waals surface area contributed by atoms with E-state index >= 15 is 0 Å². The van der Waals surface area contributed by atoms with Crippen molar-refractivity contribution in [1.82, 2.24) is 4.90 Å². The molecule has 1 atom stereocenters. The van der Waals surface area contributed by atoms with Gasteiger partial charge >= 0.3 is 0 Å². The van der Waals surface area contributed by atoms with Crippen molar-refractivity contribution in [2.75, 3.05) is 19.6 Å². The maximum atomic E-state index is 6.03. The molecule has 0 radical (unpaired) electrons. The van der Waals surface area contributed by atoms with Gasteiger partial charge in [0.05, 0.1) is 6.04 Å². The van der Waals surface area contributed by atoms with E-state index in [0.29, 0.717) is 18.0 Å². The van der Waals surface area contributed by atoms with Gasteiger partial charge in [-0.1, -0.05) is 32.4 Å². The van der Waals surface area contributed by atoms with Crippen LogP contribution in [-0.2, 0) is 0 Å². The number of nitrogens with zero attached hydrogens (tertiary/aromatic N) is 1. The Kier molecular flexibility index (Phi) is 4.49. The first-order valence-corrected chi connectivity index (χ1v) is 7.99. The van der Waals surface area contributed by atoms with E-state index in [9.17, 15) is 0 Å². The molecule has 0 aromatic carbocycles. The van der Waals surface area contributed by atoms with Gasteiger partial charge in [0.15, 0.2) is 0 Å². The summed E-state index contributed by atoms with van der Waals surface area (Å²) in [4.78, 5) is 3.96. The average molecular weight is 278 g/mol. The summed E-state index contributed by atoms with van der Waals surface area (Å²) in [6.45, 7) is 12.0. The summed E-state index contributed by atoms with van der Waals surface area (Å²) in [5, 5.41) is 2.17. The molecule has 2 heterocycles. The van der Waals surface area contributed by atoms with Crippen LogP contribution < -0.4 is 5.73 Å². The van der Waals surface area contributed by atoms with Crippen molar-refractivity contribution in [2.45, 2.75) is 40.2 Å². The van der Waals surface area contributed by atoms with Gasteiger partial charge in [0.1, 0.15) is 0 Å². The van der Waals surface area contributed by atoms with E-state index in [1.807, 2.05) is 11.3 Å². The van der Waals surface area contributed by atoms with Gasteiger partial charge in [-0.3, -0.25) is 4.90 Å². The van der Waals surface area contributed by atoms with Crippen LogP contribution in [0.3, 0.4) is 0 Å². The maximum Gasteiger partial charge on any atom is 0.0569 e. The number of hydrogen-bond donors (Lipinski definition) is 1. The number of aryl methyl sites for hydroxylation is 1. The van der Waals surface area contributed by atoms with Crippen LogP contribution in [0.4, 0.5) is 0 Å². The van der Waals surface area contributed by atoms with Gasteiger partial charge in [-0.15, -0.1) is 11.3 Å². The molecule has 106 valence electrons. The van der Waals surface area contributed by atoms with Crippen LogP contribution >= 0.6 is 11.3 Å². The van der Waals surface area contributed by atoms with Gasteiger partial charge in [0.25, 0.3) is 0 Å². The Bertz CT molecular complexity index is 454. The molecule has 1 unspecified atom stereocenters. The Balaban J connectivity index is 2.12. The minimum Gasteiger partial charge on any atom is -0.329 e. The minimum atomic E-state index is 0.309. The number of thiophene rings is 1. The molecule has 1 aromatic heterocycles. The van der Waals surface area contributed by atoms with E-state index < -0.39 is 0 Å². The first-order valence-electron chi connectivity index (χ1n) is 7.11. The van der Waals surface area contributed by atoms with E-state index in [1.54, 1.807) is 5.57 Å². The van der Waals surface area contributed by atoms with Crippen molar-refractivity contribution < 1.29 is 0 Å². The molecule has 0 bridgehead atoms. The predicted octanol–water partition coefficient (Wildman–Crippen LogP) is 3.73. The molecular weight excluding hydrogens is 252 g/mol. The third-order valence-electron chi connectivity index (χ3n) is 4.07. The second-order valence-corrected chi connectivity index (χ2v) is 7.39. The summed E-state index contributed by atoms with van der Waals surface area (Å²) < 4.78 is 0. The summed E-state index contributed by atoms with van der Waals surface area (Å²) in [6, 6.07) is 2.58. The summed E-state index contributed by atoms with van der Waals surface area (Å²) in [5.41, 5.74) is 9.30. The number of hydrogen-bond acceptors (Lipinski definition) is 3. The Morgan fingerprint density at radius 2 is 2.16 bits per heavy atom. The SMILES string of the molecule is Cc1ccsc1C(CN)N1CC=C(C(C)(C)C)CC1. The third-order valence-corrected chi connectivity index (χ3v) is 5.19. The van der Waals surface area contributed by atoms with Gasteiger partial charge in [0, 0.05) is 24.5 Å². The van der Waals surface area contributed by atoms with Crippen LogP contribution in [0.1, 0.15) is 43.7 Å². The number of rotatable bonds is 3. The molecule has 1 aliphatic heterocycles. The standard InChI is InChI=1S/C16H26N2S/c1-12-7-10-19-15(12)14(11-17)18-8-5-13(6-9-18)16(2,3)4/h5,7,10,14H,6,8-9,11,17H2,1-4H3. The molecule has 0 saturated carbocycles. The molecule has 0 spiro atoms. The summed E-state index contributed by atoms with van der Waals surface area (Å²) in [7, 11) is 0. The quantitative estimate of drug-likeness (QED) is 0.854.